The van der Waals surface area contributed by atoms with Crippen LogP contribution in [0.2, 0.25) is 10.0 Å². The van der Waals surface area contributed by atoms with Crippen molar-refractivity contribution in [1.82, 2.24) is 10.2 Å². The van der Waals surface area contributed by atoms with Gasteiger partial charge in [0.1, 0.15) is 17.5 Å². The molecule has 0 aliphatic heterocycles. The predicted molar refractivity (Wildman–Crippen MR) is 127 cm³/mol. The molecule has 2 amide bonds. The first-order valence-corrected chi connectivity index (χ1v) is 11.3. The molecule has 0 fully saturated rings. The van der Waals surface area contributed by atoms with E-state index in [2.05, 4.69) is 5.32 Å². The molecule has 2 aromatic carbocycles. The Morgan fingerprint density at radius 3 is 2.50 bits per heavy atom. The highest BCUT2D eigenvalue weighted by Gasteiger charge is 2.29. The first kappa shape index (κ1) is 25.8. The molecule has 0 spiro atoms. The number of nitrogens with zero attached hydrogens (tertiary/aromatic N) is 1. The van der Waals surface area contributed by atoms with Crippen LogP contribution in [0.5, 0.6) is 11.5 Å². The third-order valence-corrected chi connectivity index (χ3v) is 5.33. The van der Waals surface area contributed by atoms with Gasteiger partial charge in [0.25, 0.3) is 5.91 Å². The highest BCUT2D eigenvalue weighted by atomic mass is 35.5. The number of halogens is 2. The molecule has 0 saturated carbocycles. The second-order valence-corrected chi connectivity index (χ2v) is 8.64. The summed E-state index contributed by atoms with van der Waals surface area (Å²) in [5, 5.41) is 3.72. The van der Waals surface area contributed by atoms with Crippen molar-refractivity contribution >= 4 is 35.0 Å². The lowest BCUT2D eigenvalue weighted by Crippen LogP contribution is -2.50. The molecule has 0 saturated heterocycles. The summed E-state index contributed by atoms with van der Waals surface area (Å²) in [6, 6.07) is 11.6. The normalized spacial score (nSPS) is 11.7. The van der Waals surface area contributed by atoms with Gasteiger partial charge < -0.3 is 19.7 Å². The van der Waals surface area contributed by atoms with E-state index in [1.54, 1.807) is 25.3 Å². The zero-order valence-electron chi connectivity index (χ0n) is 18.9. The van der Waals surface area contributed by atoms with Gasteiger partial charge in [-0.3, -0.25) is 9.59 Å². The number of carbonyl (C=O) groups excluding carboxylic acids is 2. The van der Waals surface area contributed by atoms with Gasteiger partial charge in [0.2, 0.25) is 5.91 Å². The van der Waals surface area contributed by atoms with Crippen molar-refractivity contribution in [2.24, 2.45) is 5.92 Å². The van der Waals surface area contributed by atoms with Crippen LogP contribution < -0.4 is 14.8 Å². The van der Waals surface area contributed by atoms with Crippen LogP contribution in [-0.4, -0.2) is 43.0 Å². The SMILES string of the molecule is CCC(C(=O)NCC(C)C)N(Cc1cccc(OC)c1)C(=O)COc1ccc(Cl)cc1Cl. The van der Waals surface area contributed by atoms with Gasteiger partial charge in [-0.1, -0.05) is 56.1 Å². The molecule has 0 heterocycles. The fourth-order valence-electron chi connectivity index (χ4n) is 3.12. The molecule has 1 unspecified atom stereocenters. The zero-order valence-corrected chi connectivity index (χ0v) is 20.4. The summed E-state index contributed by atoms with van der Waals surface area (Å²) in [5.74, 6) is 0.807. The molecule has 1 atom stereocenters. The Morgan fingerprint density at radius 2 is 1.88 bits per heavy atom. The first-order chi connectivity index (χ1) is 15.2. The van der Waals surface area contributed by atoms with Crippen molar-refractivity contribution in [3.63, 3.8) is 0 Å². The number of amides is 2. The quantitative estimate of drug-likeness (QED) is 0.493. The molecular formula is C24H30Cl2N2O4. The van der Waals surface area contributed by atoms with Crippen LogP contribution in [-0.2, 0) is 16.1 Å². The van der Waals surface area contributed by atoms with E-state index in [-0.39, 0.29) is 25.0 Å². The number of rotatable bonds is 11. The number of benzene rings is 2. The number of hydrogen-bond acceptors (Lipinski definition) is 4. The van der Waals surface area contributed by atoms with E-state index >= 15 is 0 Å². The van der Waals surface area contributed by atoms with Crippen LogP contribution in [0.4, 0.5) is 0 Å². The molecule has 1 N–H and O–H groups in total. The summed E-state index contributed by atoms with van der Waals surface area (Å²) in [4.78, 5) is 27.7. The van der Waals surface area contributed by atoms with E-state index < -0.39 is 6.04 Å². The maximum atomic E-state index is 13.2. The minimum Gasteiger partial charge on any atom is -0.497 e. The van der Waals surface area contributed by atoms with Crippen molar-refractivity contribution in [3.8, 4) is 11.5 Å². The lowest BCUT2D eigenvalue weighted by Gasteiger charge is -2.31. The van der Waals surface area contributed by atoms with Crippen molar-refractivity contribution in [3.05, 3.63) is 58.1 Å². The summed E-state index contributed by atoms with van der Waals surface area (Å²) in [6.07, 6.45) is 0.460. The number of methoxy groups -OCH3 is 1. The van der Waals surface area contributed by atoms with Crippen LogP contribution in [0.25, 0.3) is 0 Å². The number of nitrogens with one attached hydrogen (secondary N) is 1. The van der Waals surface area contributed by atoms with Crippen molar-refractivity contribution < 1.29 is 19.1 Å². The highest BCUT2D eigenvalue weighted by molar-refractivity contribution is 6.35. The molecule has 0 aromatic heterocycles. The smallest absolute Gasteiger partial charge is 0.261 e. The van der Waals surface area contributed by atoms with Gasteiger partial charge in [-0.15, -0.1) is 0 Å². The average Bonchev–Trinajstić information content (AvgIpc) is 2.76. The minimum atomic E-state index is -0.642. The van der Waals surface area contributed by atoms with Crippen LogP contribution >= 0.6 is 23.2 Å². The van der Waals surface area contributed by atoms with Crippen LogP contribution in [0.3, 0.4) is 0 Å². The van der Waals surface area contributed by atoms with Gasteiger partial charge in [-0.25, -0.2) is 0 Å². The second kappa shape index (κ2) is 12.6. The molecule has 0 bridgehead atoms. The van der Waals surface area contributed by atoms with E-state index in [0.717, 1.165) is 5.56 Å². The average molecular weight is 481 g/mol. The van der Waals surface area contributed by atoms with E-state index in [1.807, 2.05) is 45.0 Å². The molecule has 6 nitrogen and oxygen atoms in total. The summed E-state index contributed by atoms with van der Waals surface area (Å²) >= 11 is 12.1. The molecule has 0 radical (unpaired) electrons. The minimum absolute atomic E-state index is 0.193. The summed E-state index contributed by atoms with van der Waals surface area (Å²) in [7, 11) is 1.58. The third-order valence-electron chi connectivity index (χ3n) is 4.80. The lowest BCUT2D eigenvalue weighted by atomic mass is 10.1. The van der Waals surface area contributed by atoms with E-state index in [1.165, 1.54) is 4.90 Å². The van der Waals surface area contributed by atoms with Crippen LogP contribution in [0, 0.1) is 5.92 Å². The summed E-state index contributed by atoms with van der Waals surface area (Å²) in [6.45, 7) is 6.42. The summed E-state index contributed by atoms with van der Waals surface area (Å²) < 4.78 is 10.9. The monoisotopic (exact) mass is 480 g/mol. The Bertz CT molecular complexity index is 921. The predicted octanol–water partition coefficient (Wildman–Crippen LogP) is 4.96. The Morgan fingerprint density at radius 1 is 1.12 bits per heavy atom. The molecule has 8 heteroatoms. The Balaban J connectivity index is 2.24. The third kappa shape index (κ3) is 7.61. The van der Waals surface area contributed by atoms with Gasteiger partial charge in [-0.05, 0) is 48.2 Å². The Hall–Kier alpha value is -2.44. The van der Waals surface area contributed by atoms with Gasteiger partial charge in [0.15, 0.2) is 6.61 Å². The molecule has 2 aromatic rings. The van der Waals surface area contributed by atoms with E-state index in [4.69, 9.17) is 32.7 Å². The highest BCUT2D eigenvalue weighted by Crippen LogP contribution is 2.27. The molecule has 174 valence electrons. The molecule has 0 aliphatic rings. The van der Waals surface area contributed by atoms with Crippen LogP contribution in [0.1, 0.15) is 32.8 Å². The Kier molecular flexibility index (Phi) is 10.1. The van der Waals surface area contributed by atoms with E-state index in [0.29, 0.717) is 40.4 Å². The molecular weight excluding hydrogens is 451 g/mol. The fourth-order valence-corrected chi connectivity index (χ4v) is 3.59. The lowest BCUT2D eigenvalue weighted by molar-refractivity contribution is -0.143. The van der Waals surface area contributed by atoms with Gasteiger partial charge in [0.05, 0.1) is 12.1 Å². The maximum absolute atomic E-state index is 13.2. The van der Waals surface area contributed by atoms with Gasteiger partial charge >= 0.3 is 0 Å². The van der Waals surface area contributed by atoms with Crippen molar-refractivity contribution in [1.29, 1.82) is 0 Å². The number of carbonyl (C=O) groups is 2. The largest absolute Gasteiger partial charge is 0.497 e. The summed E-state index contributed by atoms with van der Waals surface area (Å²) in [5.41, 5.74) is 0.845. The standard InChI is InChI=1S/C24H30Cl2N2O4/c1-5-21(24(30)27-13-16(2)3)28(14-17-7-6-8-19(11-17)31-4)23(29)15-32-22-10-9-18(25)12-20(22)26/h6-12,16,21H,5,13-15H2,1-4H3,(H,27,30). The number of hydrogen-bond donors (Lipinski definition) is 1. The van der Waals surface area contributed by atoms with E-state index in [9.17, 15) is 9.59 Å². The van der Waals surface area contributed by atoms with Crippen molar-refractivity contribution in [2.75, 3.05) is 20.3 Å². The first-order valence-electron chi connectivity index (χ1n) is 10.5. The number of ether oxygens (including phenoxy) is 2. The maximum Gasteiger partial charge on any atom is 0.261 e. The van der Waals surface area contributed by atoms with Crippen molar-refractivity contribution in [2.45, 2.75) is 39.8 Å². The van der Waals surface area contributed by atoms with Crippen LogP contribution in [0.15, 0.2) is 42.5 Å². The second-order valence-electron chi connectivity index (χ2n) is 7.80. The Labute approximate surface area is 199 Å². The van der Waals surface area contributed by atoms with Gasteiger partial charge in [-0.2, -0.15) is 0 Å². The topological polar surface area (TPSA) is 67.9 Å². The molecule has 32 heavy (non-hydrogen) atoms. The zero-order chi connectivity index (χ0) is 23.7. The molecule has 0 aliphatic carbocycles. The van der Waals surface area contributed by atoms with Gasteiger partial charge in [0, 0.05) is 18.1 Å². The fraction of sp³-hybridized carbons (Fsp3) is 0.417. The molecule has 2 rings (SSSR count).